The molecule has 0 aromatic carbocycles. The Morgan fingerprint density at radius 1 is 1.31 bits per heavy atom. The van der Waals surface area contributed by atoms with Crippen LogP contribution in [-0.2, 0) is 9.59 Å². The topological polar surface area (TPSA) is 66.4 Å². The highest BCUT2D eigenvalue weighted by molar-refractivity contribution is 5.88. The second kappa shape index (κ2) is 5.35. The summed E-state index contributed by atoms with van der Waals surface area (Å²) in [5.41, 5.74) is 0.579. The maximum absolute atomic E-state index is 11.0. The average Bonchev–Trinajstić information content (AvgIpc) is 2.03. The highest BCUT2D eigenvalue weighted by Crippen LogP contribution is 2.00. The van der Waals surface area contributed by atoms with Crippen molar-refractivity contribution >= 4 is 11.9 Å². The molecule has 0 rings (SSSR count). The third kappa shape index (κ3) is 4.30. The van der Waals surface area contributed by atoms with Gasteiger partial charge in [-0.1, -0.05) is 6.92 Å². The molecule has 0 aliphatic heterocycles. The lowest BCUT2D eigenvalue weighted by molar-refractivity contribution is -0.132. The Balaban J connectivity index is 4.28. The van der Waals surface area contributed by atoms with E-state index in [1.807, 2.05) is 6.92 Å². The molecule has 1 amide bonds. The first kappa shape index (κ1) is 11.7. The van der Waals surface area contributed by atoms with Crippen molar-refractivity contribution in [3.8, 4) is 0 Å². The number of rotatable bonds is 4. The van der Waals surface area contributed by atoms with Crippen molar-refractivity contribution in [3.05, 3.63) is 11.3 Å². The van der Waals surface area contributed by atoms with Crippen LogP contribution in [0.25, 0.3) is 0 Å². The number of hydrogen-bond acceptors (Lipinski definition) is 2. The second-order valence-corrected chi connectivity index (χ2v) is 2.85. The van der Waals surface area contributed by atoms with E-state index in [1.54, 1.807) is 6.92 Å². The van der Waals surface area contributed by atoms with Gasteiger partial charge >= 0.3 is 5.97 Å². The summed E-state index contributed by atoms with van der Waals surface area (Å²) in [6, 6.07) is 0. The van der Waals surface area contributed by atoms with Crippen molar-refractivity contribution in [2.45, 2.75) is 33.6 Å². The molecule has 4 nitrogen and oxygen atoms in total. The fraction of sp³-hybridized carbons (Fsp3) is 0.556. The summed E-state index contributed by atoms with van der Waals surface area (Å²) < 4.78 is 0. The van der Waals surface area contributed by atoms with E-state index in [0.717, 1.165) is 6.42 Å². The van der Waals surface area contributed by atoms with E-state index in [9.17, 15) is 9.59 Å². The summed E-state index contributed by atoms with van der Waals surface area (Å²) in [4.78, 5) is 21.5. The normalized spacial score (nSPS) is 11.9. The Bertz CT molecular complexity index is 243. The summed E-state index contributed by atoms with van der Waals surface area (Å²) in [5.74, 6) is -1.14. The van der Waals surface area contributed by atoms with Gasteiger partial charge in [0.25, 0.3) is 0 Å². The van der Waals surface area contributed by atoms with Crippen LogP contribution in [0.5, 0.6) is 0 Å². The van der Waals surface area contributed by atoms with Crippen LogP contribution in [0.3, 0.4) is 0 Å². The van der Waals surface area contributed by atoms with Crippen molar-refractivity contribution in [1.29, 1.82) is 0 Å². The van der Waals surface area contributed by atoms with Crippen LogP contribution >= 0.6 is 0 Å². The zero-order valence-electron chi connectivity index (χ0n) is 8.18. The molecule has 0 aromatic rings. The summed E-state index contributed by atoms with van der Waals surface area (Å²) in [7, 11) is 0. The Morgan fingerprint density at radius 3 is 2.23 bits per heavy atom. The molecule has 13 heavy (non-hydrogen) atoms. The van der Waals surface area contributed by atoms with Gasteiger partial charge in [0.2, 0.25) is 5.91 Å². The standard InChI is InChI=1S/C9H15NO3/c1-4-5-8(11)10-7(3)6(2)9(12)13/h4-5H2,1-3H3,(H,10,11)(H,12,13)/b7-6-. The van der Waals surface area contributed by atoms with E-state index in [2.05, 4.69) is 5.32 Å². The van der Waals surface area contributed by atoms with Crippen molar-refractivity contribution in [1.82, 2.24) is 5.32 Å². The third-order valence-corrected chi connectivity index (χ3v) is 1.69. The van der Waals surface area contributed by atoms with Crippen LogP contribution in [0.15, 0.2) is 11.3 Å². The minimum Gasteiger partial charge on any atom is -0.478 e. The Labute approximate surface area is 77.6 Å². The zero-order valence-corrected chi connectivity index (χ0v) is 8.18. The largest absolute Gasteiger partial charge is 0.478 e. The van der Waals surface area contributed by atoms with Gasteiger partial charge in [0.15, 0.2) is 0 Å². The summed E-state index contributed by atoms with van der Waals surface area (Å²) >= 11 is 0. The SMILES string of the molecule is CCCC(=O)N/C(C)=C(/C)C(=O)O. The molecule has 0 spiro atoms. The van der Waals surface area contributed by atoms with Gasteiger partial charge < -0.3 is 10.4 Å². The number of aliphatic carboxylic acids is 1. The molecule has 0 saturated carbocycles. The number of amides is 1. The fourth-order valence-corrected chi connectivity index (χ4v) is 0.753. The van der Waals surface area contributed by atoms with Crippen molar-refractivity contribution in [2.75, 3.05) is 0 Å². The monoisotopic (exact) mass is 185 g/mol. The molecule has 0 aliphatic carbocycles. The smallest absolute Gasteiger partial charge is 0.333 e. The predicted molar refractivity (Wildman–Crippen MR) is 49.1 cm³/mol. The van der Waals surface area contributed by atoms with Crippen LogP contribution in [0.4, 0.5) is 0 Å². The zero-order chi connectivity index (χ0) is 10.4. The fourth-order valence-electron chi connectivity index (χ4n) is 0.753. The molecular weight excluding hydrogens is 170 g/mol. The minimum absolute atomic E-state index is 0.138. The molecule has 0 atom stereocenters. The Morgan fingerprint density at radius 2 is 1.85 bits per heavy atom. The van der Waals surface area contributed by atoms with Crippen molar-refractivity contribution in [2.24, 2.45) is 0 Å². The summed E-state index contributed by atoms with van der Waals surface area (Å²) in [6.45, 7) is 4.93. The minimum atomic E-state index is -1.01. The molecule has 0 heterocycles. The van der Waals surface area contributed by atoms with E-state index in [1.165, 1.54) is 6.92 Å². The number of allylic oxidation sites excluding steroid dienone is 1. The van der Waals surface area contributed by atoms with Crippen LogP contribution in [0, 0.1) is 0 Å². The van der Waals surface area contributed by atoms with E-state index < -0.39 is 5.97 Å². The molecule has 0 bridgehead atoms. The maximum atomic E-state index is 11.0. The molecule has 0 aliphatic rings. The van der Waals surface area contributed by atoms with E-state index in [0.29, 0.717) is 12.1 Å². The van der Waals surface area contributed by atoms with E-state index >= 15 is 0 Å². The van der Waals surface area contributed by atoms with Gasteiger partial charge in [-0.25, -0.2) is 4.79 Å². The van der Waals surface area contributed by atoms with Gasteiger partial charge in [0, 0.05) is 12.1 Å². The number of nitrogens with one attached hydrogen (secondary N) is 1. The third-order valence-electron chi connectivity index (χ3n) is 1.69. The van der Waals surface area contributed by atoms with E-state index in [-0.39, 0.29) is 11.5 Å². The number of carbonyl (C=O) groups excluding carboxylic acids is 1. The number of carboxylic acids is 1. The van der Waals surface area contributed by atoms with Gasteiger partial charge in [0.05, 0.1) is 5.57 Å². The van der Waals surface area contributed by atoms with Gasteiger partial charge in [0.1, 0.15) is 0 Å². The molecular formula is C9H15NO3. The summed E-state index contributed by atoms with van der Waals surface area (Å²) in [5, 5.41) is 11.1. The molecule has 0 aromatic heterocycles. The highest BCUT2D eigenvalue weighted by atomic mass is 16.4. The van der Waals surface area contributed by atoms with Crippen molar-refractivity contribution < 1.29 is 14.7 Å². The van der Waals surface area contributed by atoms with E-state index in [4.69, 9.17) is 5.11 Å². The molecule has 0 fully saturated rings. The molecule has 74 valence electrons. The summed E-state index contributed by atoms with van der Waals surface area (Å²) in [6.07, 6.45) is 1.18. The first-order valence-corrected chi connectivity index (χ1v) is 4.19. The van der Waals surface area contributed by atoms with Crippen LogP contribution in [0.1, 0.15) is 33.6 Å². The lowest BCUT2D eigenvalue weighted by Crippen LogP contribution is -2.23. The number of hydrogen-bond donors (Lipinski definition) is 2. The average molecular weight is 185 g/mol. The molecule has 0 unspecified atom stereocenters. The van der Waals surface area contributed by atoms with Gasteiger partial charge in [-0.2, -0.15) is 0 Å². The predicted octanol–water partition coefficient (Wildman–Crippen LogP) is 1.28. The van der Waals surface area contributed by atoms with Gasteiger partial charge in [-0.3, -0.25) is 4.79 Å². The van der Waals surface area contributed by atoms with Gasteiger partial charge in [-0.15, -0.1) is 0 Å². The number of carboxylic acid groups (broad SMARTS) is 1. The Kier molecular flexibility index (Phi) is 4.80. The maximum Gasteiger partial charge on any atom is 0.333 e. The highest BCUT2D eigenvalue weighted by Gasteiger charge is 2.07. The second-order valence-electron chi connectivity index (χ2n) is 2.85. The molecule has 2 N–H and O–H groups in total. The lowest BCUT2D eigenvalue weighted by atomic mass is 10.2. The first-order chi connectivity index (χ1) is 5.99. The van der Waals surface area contributed by atoms with Gasteiger partial charge in [-0.05, 0) is 20.3 Å². The van der Waals surface area contributed by atoms with Crippen LogP contribution in [-0.4, -0.2) is 17.0 Å². The van der Waals surface area contributed by atoms with Crippen molar-refractivity contribution in [3.63, 3.8) is 0 Å². The Hall–Kier alpha value is -1.32. The quantitative estimate of drug-likeness (QED) is 0.648. The molecule has 0 radical (unpaired) electrons. The molecule has 4 heteroatoms. The lowest BCUT2D eigenvalue weighted by Gasteiger charge is -2.05. The number of carbonyl (C=O) groups is 2. The molecule has 0 saturated heterocycles. The van der Waals surface area contributed by atoms with Crippen LogP contribution < -0.4 is 5.32 Å². The first-order valence-electron chi connectivity index (χ1n) is 4.19. The van der Waals surface area contributed by atoms with Crippen LogP contribution in [0.2, 0.25) is 0 Å².